The van der Waals surface area contributed by atoms with Crippen molar-refractivity contribution in [2.45, 2.75) is 31.8 Å². The molecule has 0 bridgehead atoms. The lowest BCUT2D eigenvalue weighted by atomic mass is 9.98. The molecule has 0 aliphatic heterocycles. The molecule has 0 fully saturated rings. The van der Waals surface area contributed by atoms with Gasteiger partial charge in [-0.25, -0.2) is 0 Å². The van der Waals surface area contributed by atoms with Gasteiger partial charge in [0.25, 0.3) is 0 Å². The molecule has 0 spiro atoms. The van der Waals surface area contributed by atoms with Crippen molar-refractivity contribution >= 4 is 21.9 Å². The van der Waals surface area contributed by atoms with Crippen molar-refractivity contribution in [2.24, 2.45) is 0 Å². The highest BCUT2D eigenvalue weighted by atomic mass is 79.9. The van der Waals surface area contributed by atoms with E-state index in [-0.39, 0.29) is 12.3 Å². The number of benzene rings is 2. The van der Waals surface area contributed by atoms with Crippen molar-refractivity contribution in [3.63, 3.8) is 0 Å². The number of hydrogen-bond donors (Lipinski definition) is 1. The molecule has 2 aromatic carbocycles. The molecule has 0 radical (unpaired) electrons. The molecule has 1 aliphatic carbocycles. The zero-order valence-electron chi connectivity index (χ0n) is 12.1. The SMILES string of the molecule is O=C(O)CC1CCc2cc(OCc3ccccc3)c(Br)cc21. The van der Waals surface area contributed by atoms with E-state index in [2.05, 4.69) is 15.9 Å². The molecule has 0 heterocycles. The van der Waals surface area contributed by atoms with E-state index in [1.54, 1.807) is 0 Å². The van der Waals surface area contributed by atoms with E-state index in [4.69, 9.17) is 9.84 Å². The van der Waals surface area contributed by atoms with Crippen molar-refractivity contribution in [3.8, 4) is 5.75 Å². The maximum absolute atomic E-state index is 10.9. The number of aliphatic carboxylic acids is 1. The first-order valence-corrected chi connectivity index (χ1v) is 8.13. The molecule has 1 N–H and O–H groups in total. The summed E-state index contributed by atoms with van der Waals surface area (Å²) in [5.41, 5.74) is 3.47. The molecule has 0 saturated heterocycles. The highest BCUT2D eigenvalue weighted by Gasteiger charge is 2.26. The van der Waals surface area contributed by atoms with Crippen LogP contribution in [-0.4, -0.2) is 11.1 Å². The summed E-state index contributed by atoms with van der Waals surface area (Å²) in [4.78, 5) is 10.9. The molecule has 4 heteroatoms. The topological polar surface area (TPSA) is 46.5 Å². The first-order chi connectivity index (χ1) is 10.6. The lowest BCUT2D eigenvalue weighted by Crippen LogP contribution is -2.03. The van der Waals surface area contributed by atoms with Gasteiger partial charge in [-0.05, 0) is 63.5 Å². The molecule has 114 valence electrons. The standard InChI is InChI=1S/C18H17BrO3/c19-16-10-15-13(6-7-14(15)9-18(20)21)8-17(16)22-11-12-4-2-1-3-5-12/h1-5,8,10,14H,6-7,9,11H2,(H,20,21). The number of carboxylic acids is 1. The summed E-state index contributed by atoms with van der Waals surface area (Å²) >= 11 is 3.54. The molecule has 0 amide bonds. The van der Waals surface area contributed by atoms with Crippen LogP contribution in [0.5, 0.6) is 5.75 Å². The van der Waals surface area contributed by atoms with E-state index in [1.165, 1.54) is 5.56 Å². The average molecular weight is 361 g/mol. The van der Waals surface area contributed by atoms with Crippen molar-refractivity contribution in [1.29, 1.82) is 0 Å². The number of fused-ring (bicyclic) bond motifs is 1. The second-order valence-electron chi connectivity index (χ2n) is 5.59. The van der Waals surface area contributed by atoms with Crippen LogP contribution in [0.4, 0.5) is 0 Å². The lowest BCUT2D eigenvalue weighted by Gasteiger charge is -2.13. The molecule has 22 heavy (non-hydrogen) atoms. The molecule has 3 nitrogen and oxygen atoms in total. The normalized spacial score (nSPS) is 16.3. The molecule has 1 atom stereocenters. The number of halogens is 1. The van der Waals surface area contributed by atoms with Crippen LogP contribution in [0.15, 0.2) is 46.9 Å². The molecule has 2 aromatic rings. The summed E-state index contributed by atoms with van der Waals surface area (Å²) in [5.74, 6) is 0.198. The number of carbonyl (C=O) groups is 1. The molecule has 0 aromatic heterocycles. The van der Waals surface area contributed by atoms with Gasteiger partial charge in [0.15, 0.2) is 0 Å². The fourth-order valence-corrected chi connectivity index (χ4v) is 3.44. The number of hydrogen-bond acceptors (Lipinski definition) is 2. The predicted octanol–water partition coefficient (Wildman–Crippen LogP) is 4.53. The Kier molecular flexibility index (Phi) is 4.48. The van der Waals surface area contributed by atoms with Crippen LogP contribution in [-0.2, 0) is 17.8 Å². The Balaban J connectivity index is 1.76. The van der Waals surface area contributed by atoms with Gasteiger partial charge in [0.1, 0.15) is 12.4 Å². The second-order valence-corrected chi connectivity index (χ2v) is 6.44. The van der Waals surface area contributed by atoms with E-state index in [0.29, 0.717) is 6.61 Å². The fourth-order valence-electron chi connectivity index (χ4n) is 2.96. The maximum Gasteiger partial charge on any atom is 0.303 e. The summed E-state index contributed by atoms with van der Waals surface area (Å²) in [6, 6.07) is 14.1. The summed E-state index contributed by atoms with van der Waals surface area (Å²) in [7, 11) is 0. The van der Waals surface area contributed by atoms with Crippen LogP contribution in [0.2, 0.25) is 0 Å². The quantitative estimate of drug-likeness (QED) is 0.851. The monoisotopic (exact) mass is 360 g/mol. The largest absolute Gasteiger partial charge is 0.488 e. The van der Waals surface area contributed by atoms with Crippen molar-refractivity contribution < 1.29 is 14.6 Å². The van der Waals surface area contributed by atoms with Gasteiger partial charge in [-0.2, -0.15) is 0 Å². The first-order valence-electron chi connectivity index (χ1n) is 7.34. The molecular weight excluding hydrogens is 344 g/mol. The third kappa shape index (κ3) is 3.33. The third-order valence-electron chi connectivity index (χ3n) is 4.05. The summed E-state index contributed by atoms with van der Waals surface area (Å²) < 4.78 is 6.79. The second kappa shape index (κ2) is 6.53. The van der Waals surface area contributed by atoms with Gasteiger partial charge < -0.3 is 9.84 Å². The molecule has 1 unspecified atom stereocenters. The Morgan fingerprint density at radius 1 is 1.27 bits per heavy atom. The van der Waals surface area contributed by atoms with E-state index < -0.39 is 5.97 Å². The first kappa shape index (κ1) is 15.1. The number of carboxylic acid groups (broad SMARTS) is 1. The van der Waals surface area contributed by atoms with Gasteiger partial charge in [0.05, 0.1) is 10.9 Å². The Labute approximate surface area is 138 Å². The van der Waals surface area contributed by atoms with Gasteiger partial charge in [-0.15, -0.1) is 0 Å². The van der Waals surface area contributed by atoms with Gasteiger partial charge >= 0.3 is 5.97 Å². The highest BCUT2D eigenvalue weighted by molar-refractivity contribution is 9.10. The Bertz CT molecular complexity index is 682. The minimum absolute atomic E-state index is 0.118. The molecule has 3 rings (SSSR count). The van der Waals surface area contributed by atoms with E-state index in [9.17, 15) is 4.79 Å². The number of ether oxygens (including phenoxy) is 1. The zero-order chi connectivity index (χ0) is 15.5. The van der Waals surface area contributed by atoms with Crippen LogP contribution in [0.1, 0.15) is 35.4 Å². The minimum atomic E-state index is -0.738. The maximum atomic E-state index is 10.9. The number of aryl methyl sites for hydroxylation is 1. The molecule has 1 aliphatic rings. The van der Waals surface area contributed by atoms with Crippen molar-refractivity contribution in [3.05, 3.63) is 63.6 Å². The van der Waals surface area contributed by atoms with E-state index in [0.717, 1.165) is 34.2 Å². The summed E-state index contributed by atoms with van der Waals surface area (Å²) in [6.07, 6.45) is 2.02. The average Bonchev–Trinajstić information content (AvgIpc) is 2.87. The van der Waals surface area contributed by atoms with Crippen LogP contribution in [0.3, 0.4) is 0 Å². The van der Waals surface area contributed by atoms with Crippen molar-refractivity contribution in [1.82, 2.24) is 0 Å². The Hall–Kier alpha value is -1.81. The third-order valence-corrected chi connectivity index (χ3v) is 4.67. The minimum Gasteiger partial charge on any atom is -0.488 e. The van der Waals surface area contributed by atoms with Gasteiger partial charge in [-0.1, -0.05) is 30.3 Å². The lowest BCUT2D eigenvalue weighted by molar-refractivity contribution is -0.137. The number of rotatable bonds is 5. The van der Waals surface area contributed by atoms with Crippen LogP contribution >= 0.6 is 15.9 Å². The predicted molar refractivity (Wildman–Crippen MR) is 88.2 cm³/mol. The van der Waals surface area contributed by atoms with E-state index >= 15 is 0 Å². The van der Waals surface area contributed by atoms with Gasteiger partial charge in [0.2, 0.25) is 0 Å². The Morgan fingerprint density at radius 3 is 2.77 bits per heavy atom. The zero-order valence-corrected chi connectivity index (χ0v) is 13.7. The summed E-state index contributed by atoms with van der Waals surface area (Å²) in [5, 5.41) is 9.00. The van der Waals surface area contributed by atoms with Crippen LogP contribution < -0.4 is 4.74 Å². The fraction of sp³-hybridized carbons (Fsp3) is 0.278. The van der Waals surface area contributed by atoms with Crippen molar-refractivity contribution in [2.75, 3.05) is 0 Å². The van der Waals surface area contributed by atoms with Crippen LogP contribution in [0.25, 0.3) is 0 Å². The van der Waals surface area contributed by atoms with Gasteiger partial charge in [0, 0.05) is 0 Å². The van der Waals surface area contributed by atoms with Gasteiger partial charge in [-0.3, -0.25) is 4.79 Å². The Morgan fingerprint density at radius 2 is 2.05 bits per heavy atom. The highest BCUT2D eigenvalue weighted by Crippen LogP contribution is 2.40. The van der Waals surface area contributed by atoms with E-state index in [1.807, 2.05) is 42.5 Å². The van der Waals surface area contributed by atoms with Crippen LogP contribution in [0, 0.1) is 0 Å². The summed E-state index contributed by atoms with van der Waals surface area (Å²) in [6.45, 7) is 0.525. The smallest absolute Gasteiger partial charge is 0.303 e. The molecular formula is C18H17BrO3. The molecule has 0 saturated carbocycles.